The Morgan fingerprint density at radius 1 is 1.24 bits per heavy atom. The molecule has 5 nitrogen and oxygen atoms in total. The summed E-state index contributed by atoms with van der Waals surface area (Å²) < 4.78 is 6.24. The van der Waals surface area contributed by atoms with Crippen molar-refractivity contribution in [3.05, 3.63) is 69.3 Å². The van der Waals surface area contributed by atoms with Crippen LogP contribution in [0.1, 0.15) is 36.5 Å². The highest BCUT2D eigenvalue weighted by Crippen LogP contribution is 2.45. The van der Waals surface area contributed by atoms with Gasteiger partial charge in [-0.1, -0.05) is 35.9 Å². The van der Waals surface area contributed by atoms with Crippen molar-refractivity contribution < 1.29 is 9.53 Å². The Hall–Kier alpha value is -2.15. The Balaban J connectivity index is 1.32. The highest BCUT2D eigenvalue weighted by atomic mass is 35.5. The molecule has 0 N–H and O–H groups in total. The van der Waals surface area contributed by atoms with Crippen LogP contribution >= 0.6 is 23.4 Å². The molecule has 1 aromatic carbocycles. The van der Waals surface area contributed by atoms with Gasteiger partial charge >= 0.3 is 0 Å². The fraction of sp³-hybridized carbons (Fsp3) is 0.318. The van der Waals surface area contributed by atoms with E-state index in [-0.39, 0.29) is 11.5 Å². The first-order chi connectivity index (χ1) is 14.1. The number of likely N-dealkylation sites (tertiary alicyclic amines) is 1. The lowest BCUT2D eigenvalue weighted by atomic mass is 9.84. The van der Waals surface area contributed by atoms with E-state index in [2.05, 4.69) is 39.1 Å². The summed E-state index contributed by atoms with van der Waals surface area (Å²) >= 11 is 7.46. The molecule has 3 aliphatic rings. The fourth-order valence-electron chi connectivity index (χ4n) is 4.29. The maximum absolute atomic E-state index is 12.6. The Bertz CT molecular complexity index is 1060. The van der Waals surface area contributed by atoms with E-state index in [0.29, 0.717) is 16.7 Å². The molecular formula is C22H20ClN3O2S. The lowest BCUT2D eigenvalue weighted by Crippen LogP contribution is -2.44. The SMILES string of the molecule is C/C(=C1/SC(N2CCC3(CC2)OCc2ccccc23)=NC1=O)c1ccnc(Cl)c1. The highest BCUT2D eigenvalue weighted by Gasteiger charge is 2.43. The molecule has 5 rings (SSSR count). The Kier molecular flexibility index (Phi) is 4.73. The van der Waals surface area contributed by atoms with Crippen molar-refractivity contribution in [2.24, 2.45) is 4.99 Å². The van der Waals surface area contributed by atoms with Crippen LogP contribution in [0.25, 0.3) is 5.57 Å². The number of aromatic nitrogens is 1. The third-order valence-electron chi connectivity index (χ3n) is 5.94. The molecule has 0 radical (unpaired) electrons. The first-order valence-corrected chi connectivity index (χ1v) is 10.9. The Labute approximate surface area is 178 Å². The van der Waals surface area contributed by atoms with Gasteiger partial charge in [-0.25, -0.2) is 4.98 Å². The molecule has 29 heavy (non-hydrogen) atoms. The number of nitrogens with zero attached hydrogens (tertiary/aromatic N) is 3. The van der Waals surface area contributed by atoms with Crippen molar-refractivity contribution in [3.8, 4) is 0 Å². The van der Waals surface area contributed by atoms with E-state index in [1.54, 1.807) is 12.3 Å². The molecule has 3 aliphatic heterocycles. The van der Waals surface area contributed by atoms with E-state index in [1.807, 2.05) is 13.0 Å². The van der Waals surface area contributed by atoms with E-state index in [1.165, 1.54) is 22.9 Å². The number of amides is 1. The average Bonchev–Trinajstić information content (AvgIpc) is 3.30. The summed E-state index contributed by atoms with van der Waals surface area (Å²) in [4.78, 5) is 23.8. The Morgan fingerprint density at radius 2 is 2.03 bits per heavy atom. The quantitative estimate of drug-likeness (QED) is 0.493. The predicted octanol–water partition coefficient (Wildman–Crippen LogP) is 4.62. The summed E-state index contributed by atoms with van der Waals surface area (Å²) in [5.74, 6) is -0.182. The van der Waals surface area contributed by atoms with Crippen molar-refractivity contribution >= 4 is 40.0 Å². The third kappa shape index (κ3) is 3.29. The number of allylic oxidation sites excluding steroid dienone is 1. The minimum atomic E-state index is -0.191. The summed E-state index contributed by atoms with van der Waals surface area (Å²) in [6.07, 6.45) is 3.45. The van der Waals surface area contributed by atoms with Gasteiger partial charge in [0.25, 0.3) is 5.91 Å². The molecule has 0 bridgehead atoms. The van der Waals surface area contributed by atoms with Gasteiger partial charge < -0.3 is 9.64 Å². The van der Waals surface area contributed by atoms with Crippen molar-refractivity contribution in [2.45, 2.75) is 32.0 Å². The number of ether oxygens (including phenoxy) is 1. The standard InChI is InChI=1S/C22H20ClN3O2S/c1-14(15-6-9-24-18(23)12-15)19-20(27)25-21(29-19)26-10-7-22(8-11-26)17-5-3-2-4-16(17)13-28-22/h2-6,9,12H,7-8,10-11,13H2,1H3/b19-14-. The third-order valence-corrected chi connectivity index (χ3v) is 7.36. The maximum atomic E-state index is 12.6. The zero-order valence-electron chi connectivity index (χ0n) is 16.0. The van der Waals surface area contributed by atoms with Gasteiger partial charge in [-0.15, -0.1) is 0 Å². The normalized spacial score (nSPS) is 22.1. The monoisotopic (exact) mass is 425 g/mol. The van der Waals surface area contributed by atoms with Crippen LogP contribution in [0.2, 0.25) is 5.15 Å². The topological polar surface area (TPSA) is 54.8 Å². The molecule has 0 saturated carbocycles. The molecule has 0 unspecified atom stereocenters. The minimum Gasteiger partial charge on any atom is -0.365 e. The van der Waals surface area contributed by atoms with Gasteiger partial charge in [-0.3, -0.25) is 4.79 Å². The predicted molar refractivity (Wildman–Crippen MR) is 116 cm³/mol. The number of amidine groups is 1. The fourth-order valence-corrected chi connectivity index (χ4v) is 5.49. The van der Waals surface area contributed by atoms with Crippen LogP contribution in [0, 0.1) is 0 Å². The van der Waals surface area contributed by atoms with Crippen molar-refractivity contribution in [2.75, 3.05) is 13.1 Å². The summed E-state index contributed by atoms with van der Waals surface area (Å²) in [6, 6.07) is 12.1. The molecule has 4 heterocycles. The molecule has 1 amide bonds. The molecule has 0 atom stereocenters. The number of halogens is 1. The Morgan fingerprint density at radius 3 is 2.83 bits per heavy atom. The van der Waals surface area contributed by atoms with Gasteiger partial charge in [0, 0.05) is 19.3 Å². The lowest BCUT2D eigenvalue weighted by Gasteiger charge is -2.39. The number of pyridine rings is 1. The number of hydrogen-bond acceptors (Lipinski definition) is 5. The van der Waals surface area contributed by atoms with Gasteiger partial charge in [0.2, 0.25) is 0 Å². The summed E-state index contributed by atoms with van der Waals surface area (Å²) in [6.45, 7) is 4.26. The second-order valence-corrected chi connectivity index (χ2v) is 8.91. The van der Waals surface area contributed by atoms with Crippen molar-refractivity contribution in [1.82, 2.24) is 9.88 Å². The number of aliphatic imine (C=N–C) groups is 1. The molecule has 0 aliphatic carbocycles. The smallest absolute Gasteiger partial charge is 0.286 e. The van der Waals surface area contributed by atoms with E-state index in [4.69, 9.17) is 16.3 Å². The van der Waals surface area contributed by atoms with Crippen LogP contribution in [0.5, 0.6) is 0 Å². The van der Waals surface area contributed by atoms with Gasteiger partial charge in [-0.05, 0) is 65.9 Å². The number of piperidine rings is 1. The lowest BCUT2D eigenvalue weighted by molar-refractivity contribution is -0.113. The van der Waals surface area contributed by atoms with E-state index in [0.717, 1.165) is 42.2 Å². The van der Waals surface area contributed by atoms with E-state index >= 15 is 0 Å². The molecule has 1 aromatic heterocycles. The number of benzene rings is 1. The van der Waals surface area contributed by atoms with Gasteiger partial charge in [0.05, 0.1) is 17.1 Å². The van der Waals surface area contributed by atoms with Crippen LogP contribution in [-0.2, 0) is 21.7 Å². The van der Waals surface area contributed by atoms with E-state index < -0.39 is 0 Å². The van der Waals surface area contributed by atoms with Gasteiger partial charge in [0.1, 0.15) is 5.15 Å². The maximum Gasteiger partial charge on any atom is 0.286 e. The number of carbonyl (C=O) groups excluding carboxylic acids is 1. The first-order valence-electron chi connectivity index (χ1n) is 9.67. The van der Waals surface area contributed by atoms with Crippen LogP contribution in [0.4, 0.5) is 0 Å². The molecule has 148 valence electrons. The molecule has 7 heteroatoms. The van der Waals surface area contributed by atoms with Crippen LogP contribution < -0.4 is 0 Å². The largest absolute Gasteiger partial charge is 0.365 e. The summed E-state index contributed by atoms with van der Waals surface area (Å²) in [5.41, 5.74) is 4.20. The second kappa shape index (κ2) is 7.27. The minimum absolute atomic E-state index is 0.182. The number of carbonyl (C=O) groups is 1. The van der Waals surface area contributed by atoms with Gasteiger partial charge in [-0.2, -0.15) is 4.99 Å². The highest BCUT2D eigenvalue weighted by molar-refractivity contribution is 8.18. The second-order valence-electron chi connectivity index (χ2n) is 7.55. The van der Waals surface area contributed by atoms with Crippen molar-refractivity contribution in [1.29, 1.82) is 0 Å². The number of rotatable bonds is 1. The van der Waals surface area contributed by atoms with Crippen LogP contribution in [-0.4, -0.2) is 34.0 Å². The molecule has 1 fully saturated rings. The molecule has 1 saturated heterocycles. The first kappa shape index (κ1) is 18.9. The van der Waals surface area contributed by atoms with Gasteiger partial charge in [0.15, 0.2) is 5.17 Å². The summed E-state index contributed by atoms with van der Waals surface area (Å²) in [7, 11) is 0. The molecular weight excluding hydrogens is 406 g/mol. The number of thioether (sulfide) groups is 1. The van der Waals surface area contributed by atoms with Crippen molar-refractivity contribution in [3.63, 3.8) is 0 Å². The zero-order valence-corrected chi connectivity index (χ0v) is 17.6. The van der Waals surface area contributed by atoms with Crippen LogP contribution in [0.3, 0.4) is 0 Å². The molecule has 1 spiro atoms. The molecule has 2 aromatic rings. The average molecular weight is 426 g/mol. The summed E-state index contributed by atoms with van der Waals surface area (Å²) in [5, 5.41) is 1.20. The zero-order chi connectivity index (χ0) is 20.0. The van der Waals surface area contributed by atoms with E-state index in [9.17, 15) is 4.79 Å². The number of hydrogen-bond donors (Lipinski definition) is 0. The number of fused-ring (bicyclic) bond motifs is 2. The van der Waals surface area contributed by atoms with Crippen LogP contribution in [0.15, 0.2) is 52.5 Å².